The van der Waals surface area contributed by atoms with E-state index in [1.165, 1.54) is 12.6 Å². The normalized spacial score (nSPS) is 17.0. The number of nitrogens with zero attached hydrogens (tertiary/aromatic N) is 2. The Bertz CT molecular complexity index is 584. The zero-order valence-electron chi connectivity index (χ0n) is 14.7. The molecule has 3 N–H and O–H groups in total. The highest BCUT2D eigenvalue weighted by Gasteiger charge is 2.24. The molecule has 1 aromatic rings. The molecule has 1 unspecified atom stereocenters. The van der Waals surface area contributed by atoms with Gasteiger partial charge in [-0.3, -0.25) is 9.79 Å². The first kappa shape index (κ1) is 22.0. The van der Waals surface area contributed by atoms with Crippen LogP contribution in [-0.2, 0) is 4.79 Å². The number of para-hydroxylation sites is 1. The van der Waals surface area contributed by atoms with Crippen LogP contribution in [0.3, 0.4) is 0 Å². The summed E-state index contributed by atoms with van der Waals surface area (Å²) in [7, 11) is 0. The smallest absolute Gasteiger partial charge is 0.216 e. The summed E-state index contributed by atoms with van der Waals surface area (Å²) < 4.78 is 1.13. The van der Waals surface area contributed by atoms with Crippen molar-refractivity contribution in [1.29, 1.82) is 0 Å². The van der Waals surface area contributed by atoms with Crippen molar-refractivity contribution < 1.29 is 4.79 Å². The van der Waals surface area contributed by atoms with E-state index in [0.717, 1.165) is 36.5 Å². The van der Waals surface area contributed by atoms with Gasteiger partial charge in [0, 0.05) is 43.6 Å². The van der Waals surface area contributed by atoms with Crippen LogP contribution in [-0.4, -0.2) is 50.6 Å². The van der Waals surface area contributed by atoms with Crippen molar-refractivity contribution in [2.75, 3.05) is 37.6 Å². The number of amides is 1. The zero-order chi connectivity index (χ0) is 17.4. The number of hydrogen-bond donors (Lipinski definition) is 3. The Morgan fingerprint density at radius 1 is 1.36 bits per heavy atom. The van der Waals surface area contributed by atoms with Crippen LogP contribution in [0.1, 0.15) is 20.3 Å². The molecular formula is C17H27BrIN5O. The van der Waals surface area contributed by atoms with E-state index in [9.17, 15) is 4.79 Å². The molecule has 25 heavy (non-hydrogen) atoms. The molecule has 8 heteroatoms. The Morgan fingerprint density at radius 2 is 2.12 bits per heavy atom. The van der Waals surface area contributed by atoms with Crippen LogP contribution in [0.5, 0.6) is 0 Å². The van der Waals surface area contributed by atoms with Crippen molar-refractivity contribution in [3.8, 4) is 0 Å². The molecule has 1 atom stereocenters. The van der Waals surface area contributed by atoms with E-state index in [4.69, 9.17) is 0 Å². The maximum Gasteiger partial charge on any atom is 0.216 e. The Hall–Kier alpha value is -1.03. The van der Waals surface area contributed by atoms with Crippen LogP contribution in [0.4, 0.5) is 5.69 Å². The van der Waals surface area contributed by atoms with Gasteiger partial charge in [-0.2, -0.15) is 0 Å². The molecule has 140 valence electrons. The van der Waals surface area contributed by atoms with Gasteiger partial charge in [-0.1, -0.05) is 12.1 Å². The average molecular weight is 524 g/mol. The van der Waals surface area contributed by atoms with Crippen molar-refractivity contribution in [2.45, 2.75) is 26.3 Å². The molecule has 0 bridgehead atoms. The standard InChI is InChI=1S/C17H26BrN5O.HI/c1-3-19-17(21-10-9-20-13(2)24)22-14-8-11-23(12-14)16-7-5-4-6-15(16)18;/h4-7,14H,3,8-12H2,1-2H3,(H,20,24)(H2,19,21,22);1H. The summed E-state index contributed by atoms with van der Waals surface area (Å²) in [5, 5.41) is 9.51. The zero-order valence-corrected chi connectivity index (χ0v) is 18.6. The second-order valence-electron chi connectivity index (χ2n) is 5.77. The molecule has 1 amide bonds. The molecule has 0 saturated carbocycles. The first-order chi connectivity index (χ1) is 11.6. The summed E-state index contributed by atoms with van der Waals surface area (Å²) in [5.74, 6) is 0.782. The fourth-order valence-electron chi connectivity index (χ4n) is 2.72. The monoisotopic (exact) mass is 523 g/mol. The molecule has 1 aliphatic rings. The Kier molecular flexibility index (Phi) is 10.2. The number of benzene rings is 1. The largest absolute Gasteiger partial charge is 0.368 e. The van der Waals surface area contributed by atoms with Gasteiger partial charge in [-0.25, -0.2) is 0 Å². The van der Waals surface area contributed by atoms with Gasteiger partial charge in [0.25, 0.3) is 0 Å². The number of rotatable bonds is 6. The molecule has 0 aliphatic carbocycles. The number of carbonyl (C=O) groups excluding carboxylic acids is 1. The first-order valence-corrected chi connectivity index (χ1v) is 9.18. The van der Waals surface area contributed by atoms with Gasteiger partial charge < -0.3 is 20.9 Å². The van der Waals surface area contributed by atoms with Crippen molar-refractivity contribution in [3.05, 3.63) is 28.7 Å². The maximum absolute atomic E-state index is 10.9. The Morgan fingerprint density at radius 3 is 2.80 bits per heavy atom. The third-order valence-corrected chi connectivity index (χ3v) is 4.49. The van der Waals surface area contributed by atoms with Crippen LogP contribution < -0.4 is 20.9 Å². The Labute approximate surface area is 175 Å². The van der Waals surface area contributed by atoms with Gasteiger partial charge in [0.15, 0.2) is 5.96 Å². The Balaban J connectivity index is 0.00000312. The van der Waals surface area contributed by atoms with Gasteiger partial charge in [0.05, 0.1) is 12.2 Å². The second-order valence-corrected chi connectivity index (χ2v) is 6.63. The van der Waals surface area contributed by atoms with E-state index in [-0.39, 0.29) is 29.9 Å². The molecular weight excluding hydrogens is 497 g/mol. The number of anilines is 1. The maximum atomic E-state index is 10.9. The highest BCUT2D eigenvalue weighted by Crippen LogP contribution is 2.28. The molecule has 1 aliphatic heterocycles. The number of guanidine groups is 1. The lowest BCUT2D eigenvalue weighted by Crippen LogP contribution is -2.45. The summed E-state index contributed by atoms with van der Waals surface area (Å²) in [5.41, 5.74) is 1.23. The predicted molar refractivity (Wildman–Crippen MR) is 118 cm³/mol. The van der Waals surface area contributed by atoms with Crippen LogP contribution in [0.2, 0.25) is 0 Å². The second kappa shape index (κ2) is 11.6. The first-order valence-electron chi connectivity index (χ1n) is 8.39. The van der Waals surface area contributed by atoms with Crippen LogP contribution >= 0.6 is 39.9 Å². The molecule has 1 aromatic carbocycles. The summed E-state index contributed by atoms with van der Waals surface area (Å²) in [6.07, 6.45) is 1.07. The number of nitrogens with one attached hydrogen (secondary N) is 3. The molecule has 0 spiro atoms. The minimum absolute atomic E-state index is 0. The molecule has 0 radical (unpaired) electrons. The molecule has 0 aromatic heterocycles. The molecule has 1 fully saturated rings. The van der Waals surface area contributed by atoms with Crippen LogP contribution in [0, 0.1) is 0 Å². The SMILES string of the molecule is CCNC(=NCCNC(C)=O)NC1CCN(c2ccccc2Br)C1.I. The van der Waals surface area contributed by atoms with E-state index in [1.54, 1.807) is 0 Å². The topological polar surface area (TPSA) is 68.8 Å². The van der Waals surface area contributed by atoms with Crippen molar-refractivity contribution in [2.24, 2.45) is 4.99 Å². The summed E-state index contributed by atoms with van der Waals surface area (Å²) in [4.78, 5) is 17.8. The lowest BCUT2D eigenvalue weighted by molar-refractivity contribution is -0.118. The minimum atomic E-state index is -0.0250. The summed E-state index contributed by atoms with van der Waals surface area (Å²) >= 11 is 3.62. The van der Waals surface area contributed by atoms with Crippen LogP contribution in [0.25, 0.3) is 0 Å². The quantitative estimate of drug-likeness (QED) is 0.232. The van der Waals surface area contributed by atoms with Crippen LogP contribution in [0.15, 0.2) is 33.7 Å². The summed E-state index contributed by atoms with van der Waals surface area (Å²) in [6, 6.07) is 8.66. The summed E-state index contributed by atoms with van der Waals surface area (Å²) in [6.45, 7) is 7.46. The minimum Gasteiger partial charge on any atom is -0.368 e. The van der Waals surface area contributed by atoms with E-state index in [0.29, 0.717) is 19.1 Å². The molecule has 6 nitrogen and oxygen atoms in total. The number of carbonyl (C=O) groups is 1. The average Bonchev–Trinajstić information content (AvgIpc) is 3.00. The van der Waals surface area contributed by atoms with E-state index in [2.05, 4.69) is 60.0 Å². The number of hydrogen-bond acceptors (Lipinski definition) is 3. The van der Waals surface area contributed by atoms with Crippen molar-refractivity contribution in [3.63, 3.8) is 0 Å². The third-order valence-electron chi connectivity index (χ3n) is 3.82. The van der Waals surface area contributed by atoms with Crippen molar-refractivity contribution >= 4 is 57.5 Å². The van der Waals surface area contributed by atoms with Gasteiger partial charge in [-0.15, -0.1) is 24.0 Å². The fraction of sp³-hybridized carbons (Fsp3) is 0.529. The highest BCUT2D eigenvalue weighted by atomic mass is 127. The van der Waals surface area contributed by atoms with E-state index < -0.39 is 0 Å². The van der Waals surface area contributed by atoms with Gasteiger partial charge in [-0.05, 0) is 41.4 Å². The highest BCUT2D eigenvalue weighted by molar-refractivity contribution is 14.0. The lowest BCUT2D eigenvalue weighted by Gasteiger charge is -2.21. The molecule has 1 heterocycles. The van der Waals surface area contributed by atoms with Crippen molar-refractivity contribution in [1.82, 2.24) is 16.0 Å². The number of halogens is 2. The van der Waals surface area contributed by atoms with Gasteiger partial charge in [0.1, 0.15) is 0 Å². The fourth-order valence-corrected chi connectivity index (χ4v) is 3.25. The predicted octanol–water partition coefficient (Wildman–Crippen LogP) is 2.34. The molecule has 2 rings (SSSR count). The molecule has 1 saturated heterocycles. The van der Waals surface area contributed by atoms with Gasteiger partial charge >= 0.3 is 0 Å². The lowest BCUT2D eigenvalue weighted by atomic mass is 10.3. The van der Waals surface area contributed by atoms with Gasteiger partial charge in [0.2, 0.25) is 5.91 Å². The van der Waals surface area contributed by atoms with E-state index in [1.807, 2.05) is 13.0 Å². The number of aliphatic imine (C=N–C) groups is 1. The third kappa shape index (κ3) is 7.39. The van der Waals surface area contributed by atoms with E-state index >= 15 is 0 Å².